The molecule has 1 aliphatic rings. The van der Waals surface area contributed by atoms with Crippen molar-refractivity contribution in [2.24, 2.45) is 0 Å². The second kappa shape index (κ2) is 8.57. The summed E-state index contributed by atoms with van der Waals surface area (Å²) in [5.74, 6) is 0. The van der Waals surface area contributed by atoms with E-state index in [1.165, 1.54) is 0 Å². The van der Waals surface area contributed by atoms with Gasteiger partial charge in [-0.25, -0.2) is 4.79 Å². The summed E-state index contributed by atoms with van der Waals surface area (Å²) in [6.07, 6.45) is 6.00. The minimum atomic E-state index is -0.501. The van der Waals surface area contributed by atoms with Gasteiger partial charge in [-0.3, -0.25) is 10.3 Å². The van der Waals surface area contributed by atoms with Crippen molar-refractivity contribution in [1.82, 2.24) is 10.3 Å². The number of amides is 1. The number of aryl methyl sites for hydroxylation is 1. The standard InChI is InChI=1S/C23H25N3O2/c1-15-9-7-8-12-19(21-14-13-20(24)16(2)25-21)22(15)26-23(27)28-17(3)18-10-5-4-6-11-18/h4-6,8-14,17H,7,24H2,1-3H3,(H,26,27)/t17-/m1/s1. The predicted octanol–water partition coefficient (Wildman–Crippen LogP) is 5.08. The fourth-order valence-electron chi connectivity index (χ4n) is 3.01. The molecule has 1 aromatic carbocycles. The van der Waals surface area contributed by atoms with Gasteiger partial charge in [-0.15, -0.1) is 0 Å². The summed E-state index contributed by atoms with van der Waals surface area (Å²) in [7, 11) is 0. The first-order valence-electron chi connectivity index (χ1n) is 9.29. The van der Waals surface area contributed by atoms with Gasteiger partial charge in [-0.05, 0) is 50.5 Å². The zero-order valence-corrected chi connectivity index (χ0v) is 16.4. The van der Waals surface area contributed by atoms with Crippen LogP contribution in [0.15, 0.2) is 72.0 Å². The van der Waals surface area contributed by atoms with E-state index >= 15 is 0 Å². The van der Waals surface area contributed by atoms with E-state index in [2.05, 4.69) is 16.4 Å². The number of anilines is 1. The van der Waals surface area contributed by atoms with E-state index in [0.29, 0.717) is 11.4 Å². The molecule has 0 fully saturated rings. The second-order valence-corrected chi connectivity index (χ2v) is 6.77. The minimum absolute atomic E-state index is 0.354. The van der Waals surface area contributed by atoms with Crippen LogP contribution >= 0.6 is 0 Å². The van der Waals surface area contributed by atoms with Gasteiger partial charge >= 0.3 is 6.09 Å². The molecule has 3 N–H and O–H groups in total. The molecule has 2 aromatic rings. The first-order valence-corrected chi connectivity index (χ1v) is 9.29. The predicted molar refractivity (Wildman–Crippen MR) is 112 cm³/mol. The number of aromatic nitrogens is 1. The van der Waals surface area contributed by atoms with Gasteiger partial charge in [0.15, 0.2) is 0 Å². The van der Waals surface area contributed by atoms with Gasteiger partial charge in [0, 0.05) is 5.57 Å². The number of carbonyl (C=O) groups excluding carboxylic acids is 1. The van der Waals surface area contributed by atoms with Crippen molar-refractivity contribution in [2.75, 3.05) is 5.73 Å². The Balaban J connectivity index is 1.88. The molecule has 144 valence electrons. The summed E-state index contributed by atoms with van der Waals surface area (Å²) in [6, 6.07) is 13.3. The van der Waals surface area contributed by atoms with Gasteiger partial charge in [0.05, 0.1) is 22.8 Å². The Bertz CT molecular complexity index is 959. The molecule has 1 atom stereocenters. The first kappa shape index (κ1) is 19.4. The topological polar surface area (TPSA) is 77.2 Å². The molecule has 1 aliphatic carbocycles. The maximum Gasteiger partial charge on any atom is 0.412 e. The second-order valence-electron chi connectivity index (χ2n) is 6.77. The molecule has 0 spiro atoms. The Morgan fingerprint density at radius 3 is 2.64 bits per heavy atom. The third-order valence-corrected chi connectivity index (χ3v) is 4.69. The van der Waals surface area contributed by atoms with Crippen molar-refractivity contribution < 1.29 is 9.53 Å². The molecular formula is C23H25N3O2. The highest BCUT2D eigenvalue weighted by Gasteiger charge is 2.18. The Labute approximate surface area is 165 Å². The SMILES string of the molecule is CC1=CCC=CC(c2ccc(N)c(C)n2)=C1NC(=O)O[C@H](C)c1ccccc1. The number of allylic oxidation sites excluding steroid dienone is 5. The molecule has 0 saturated heterocycles. The number of alkyl carbamates (subject to hydrolysis) is 1. The lowest BCUT2D eigenvalue weighted by Crippen LogP contribution is -2.26. The van der Waals surface area contributed by atoms with E-state index in [-0.39, 0.29) is 6.10 Å². The average Bonchev–Trinajstić information content (AvgIpc) is 2.86. The van der Waals surface area contributed by atoms with Crippen LogP contribution in [0.5, 0.6) is 0 Å². The van der Waals surface area contributed by atoms with Crippen molar-refractivity contribution in [1.29, 1.82) is 0 Å². The molecule has 5 nitrogen and oxygen atoms in total. The number of carbonyl (C=O) groups is 1. The summed E-state index contributed by atoms with van der Waals surface area (Å²) in [5, 5.41) is 2.92. The van der Waals surface area contributed by atoms with Crippen LogP contribution in [0.4, 0.5) is 10.5 Å². The molecule has 1 amide bonds. The van der Waals surface area contributed by atoms with Crippen molar-refractivity contribution in [2.45, 2.75) is 33.3 Å². The van der Waals surface area contributed by atoms with Crippen molar-refractivity contribution >= 4 is 17.4 Å². The van der Waals surface area contributed by atoms with Crippen LogP contribution in [0.3, 0.4) is 0 Å². The van der Waals surface area contributed by atoms with Crippen LogP contribution in [0.2, 0.25) is 0 Å². The quantitative estimate of drug-likeness (QED) is 0.781. The molecule has 28 heavy (non-hydrogen) atoms. The number of hydrogen-bond acceptors (Lipinski definition) is 4. The highest BCUT2D eigenvalue weighted by Crippen LogP contribution is 2.27. The maximum atomic E-state index is 12.6. The zero-order chi connectivity index (χ0) is 20.1. The largest absolute Gasteiger partial charge is 0.441 e. The first-order chi connectivity index (χ1) is 13.5. The van der Waals surface area contributed by atoms with E-state index in [1.54, 1.807) is 0 Å². The summed E-state index contributed by atoms with van der Waals surface area (Å²) in [4.78, 5) is 17.2. The fourth-order valence-corrected chi connectivity index (χ4v) is 3.01. The van der Waals surface area contributed by atoms with Gasteiger partial charge in [0.2, 0.25) is 0 Å². The van der Waals surface area contributed by atoms with Gasteiger partial charge < -0.3 is 10.5 Å². The fraction of sp³-hybridized carbons (Fsp3) is 0.217. The number of benzene rings is 1. The molecule has 0 radical (unpaired) electrons. The van der Waals surface area contributed by atoms with Gasteiger partial charge in [-0.1, -0.05) is 48.6 Å². The van der Waals surface area contributed by atoms with E-state index in [1.807, 2.05) is 75.4 Å². The van der Waals surface area contributed by atoms with E-state index in [4.69, 9.17) is 10.5 Å². The van der Waals surface area contributed by atoms with Crippen LogP contribution in [0, 0.1) is 6.92 Å². The highest BCUT2D eigenvalue weighted by molar-refractivity contribution is 5.83. The molecule has 1 aromatic heterocycles. The number of hydrogen-bond donors (Lipinski definition) is 2. The Kier molecular flexibility index (Phi) is 5.94. The average molecular weight is 375 g/mol. The Hall–Kier alpha value is -3.34. The van der Waals surface area contributed by atoms with Crippen LogP contribution in [0.1, 0.15) is 43.3 Å². The highest BCUT2D eigenvalue weighted by atomic mass is 16.6. The summed E-state index contributed by atoms with van der Waals surface area (Å²) in [5.41, 5.74) is 11.5. The number of pyridine rings is 1. The zero-order valence-electron chi connectivity index (χ0n) is 16.4. The van der Waals surface area contributed by atoms with Crippen LogP contribution < -0.4 is 11.1 Å². The molecule has 0 aliphatic heterocycles. The molecule has 3 rings (SSSR count). The molecule has 5 heteroatoms. The lowest BCUT2D eigenvalue weighted by Gasteiger charge is -2.18. The monoisotopic (exact) mass is 375 g/mol. The summed E-state index contributed by atoms with van der Waals surface area (Å²) < 4.78 is 5.58. The van der Waals surface area contributed by atoms with E-state index in [0.717, 1.165) is 34.5 Å². The number of nitrogens with zero attached hydrogens (tertiary/aromatic N) is 1. The van der Waals surface area contributed by atoms with Crippen LogP contribution in [-0.4, -0.2) is 11.1 Å². The third-order valence-electron chi connectivity index (χ3n) is 4.69. The number of nitrogens with one attached hydrogen (secondary N) is 1. The Morgan fingerprint density at radius 1 is 1.18 bits per heavy atom. The normalized spacial score (nSPS) is 14.9. The molecular weight excluding hydrogens is 350 g/mol. The summed E-state index contributed by atoms with van der Waals surface area (Å²) >= 11 is 0. The Morgan fingerprint density at radius 2 is 1.93 bits per heavy atom. The lowest BCUT2D eigenvalue weighted by atomic mass is 10.0. The lowest BCUT2D eigenvalue weighted by molar-refractivity contribution is 0.110. The van der Waals surface area contributed by atoms with Crippen LogP contribution in [-0.2, 0) is 4.74 Å². The number of nitrogen functional groups attached to an aromatic ring is 1. The third kappa shape index (κ3) is 4.49. The van der Waals surface area contributed by atoms with Crippen molar-refractivity contribution in [3.05, 3.63) is 88.9 Å². The van der Waals surface area contributed by atoms with Gasteiger partial charge in [0.25, 0.3) is 0 Å². The molecule has 0 saturated carbocycles. The van der Waals surface area contributed by atoms with Crippen molar-refractivity contribution in [3.8, 4) is 0 Å². The number of nitrogens with two attached hydrogens (primary N) is 1. The van der Waals surface area contributed by atoms with Crippen LogP contribution in [0.25, 0.3) is 5.57 Å². The molecule has 0 bridgehead atoms. The molecule has 1 heterocycles. The summed E-state index contributed by atoms with van der Waals surface area (Å²) in [6.45, 7) is 5.68. The smallest absolute Gasteiger partial charge is 0.412 e. The van der Waals surface area contributed by atoms with Gasteiger partial charge in [0.1, 0.15) is 6.10 Å². The minimum Gasteiger partial charge on any atom is -0.441 e. The van der Waals surface area contributed by atoms with Crippen molar-refractivity contribution in [3.63, 3.8) is 0 Å². The molecule has 0 unspecified atom stereocenters. The number of ether oxygens (including phenoxy) is 1. The maximum absolute atomic E-state index is 12.6. The van der Waals surface area contributed by atoms with Gasteiger partial charge in [-0.2, -0.15) is 0 Å². The number of rotatable bonds is 4. The van der Waals surface area contributed by atoms with E-state index < -0.39 is 6.09 Å². The van der Waals surface area contributed by atoms with E-state index in [9.17, 15) is 4.79 Å².